The molecule has 1 aromatic carbocycles. The van der Waals surface area contributed by atoms with Crippen molar-refractivity contribution in [2.45, 2.75) is 23.8 Å². The Bertz CT molecular complexity index is 561. The van der Waals surface area contributed by atoms with Gasteiger partial charge >= 0.3 is 5.97 Å². The van der Waals surface area contributed by atoms with Gasteiger partial charge in [0.1, 0.15) is 0 Å². The van der Waals surface area contributed by atoms with Gasteiger partial charge in [-0.2, -0.15) is 0 Å². The molecular weight excluding hydrogens is 242 g/mol. The molecule has 0 aromatic heterocycles. The first-order valence-corrected chi connectivity index (χ1v) is 7.11. The molecule has 17 heavy (non-hydrogen) atoms. The lowest BCUT2D eigenvalue weighted by Crippen LogP contribution is -2.09. The second kappa shape index (κ2) is 4.03. The Morgan fingerprint density at radius 1 is 1.41 bits per heavy atom. The highest BCUT2D eigenvalue weighted by atomic mass is 32.2. The maximum atomic E-state index is 11.3. The Labute approximate surface area is 99.4 Å². The van der Waals surface area contributed by atoms with Crippen molar-refractivity contribution in [3.05, 3.63) is 23.8 Å². The summed E-state index contributed by atoms with van der Waals surface area (Å²) >= 11 is 0. The van der Waals surface area contributed by atoms with Gasteiger partial charge in [0.15, 0.2) is 9.84 Å². The molecule has 1 aliphatic rings. The summed E-state index contributed by atoms with van der Waals surface area (Å²) in [7, 11) is -3.38. The van der Waals surface area contributed by atoms with E-state index in [0.29, 0.717) is 11.7 Å². The van der Waals surface area contributed by atoms with E-state index in [-0.39, 0.29) is 10.5 Å². The highest BCUT2D eigenvalue weighted by molar-refractivity contribution is 7.90. The fraction of sp³-hybridized carbons (Fsp3) is 0.364. The van der Waals surface area contributed by atoms with E-state index in [1.807, 2.05) is 0 Å². The van der Waals surface area contributed by atoms with E-state index >= 15 is 0 Å². The summed E-state index contributed by atoms with van der Waals surface area (Å²) in [6.07, 6.45) is 3.10. The van der Waals surface area contributed by atoms with Crippen molar-refractivity contribution in [2.75, 3.05) is 11.6 Å². The van der Waals surface area contributed by atoms with Crippen LogP contribution in [0.2, 0.25) is 0 Å². The quantitative estimate of drug-likeness (QED) is 0.848. The highest BCUT2D eigenvalue weighted by Gasteiger charge is 2.24. The number of carbonyl (C=O) groups is 1. The van der Waals surface area contributed by atoms with Gasteiger partial charge in [-0.05, 0) is 31.0 Å². The maximum absolute atomic E-state index is 11.3. The third-order valence-electron chi connectivity index (χ3n) is 2.59. The molecule has 2 N–H and O–H groups in total. The number of benzene rings is 1. The van der Waals surface area contributed by atoms with E-state index in [0.717, 1.165) is 19.1 Å². The molecule has 1 aliphatic carbocycles. The number of carboxylic acid groups (broad SMARTS) is 1. The zero-order chi connectivity index (χ0) is 12.6. The molecule has 0 unspecified atom stereocenters. The second-order valence-electron chi connectivity index (χ2n) is 4.20. The summed E-state index contributed by atoms with van der Waals surface area (Å²) in [5, 5.41) is 12.1. The Kier molecular flexibility index (Phi) is 2.82. The minimum Gasteiger partial charge on any atom is -0.478 e. The van der Waals surface area contributed by atoms with Crippen molar-refractivity contribution in [1.82, 2.24) is 0 Å². The van der Waals surface area contributed by atoms with Crippen LogP contribution in [0.15, 0.2) is 23.1 Å². The molecule has 0 aliphatic heterocycles. The van der Waals surface area contributed by atoms with Gasteiger partial charge in [-0.1, -0.05) is 0 Å². The van der Waals surface area contributed by atoms with Crippen LogP contribution < -0.4 is 5.32 Å². The summed E-state index contributed by atoms with van der Waals surface area (Å²) in [6, 6.07) is 4.45. The van der Waals surface area contributed by atoms with Crippen molar-refractivity contribution in [3.63, 3.8) is 0 Å². The Hall–Kier alpha value is -1.56. The van der Waals surface area contributed by atoms with Gasteiger partial charge in [-0.15, -0.1) is 0 Å². The molecule has 5 nitrogen and oxygen atoms in total. The molecule has 0 saturated heterocycles. The van der Waals surface area contributed by atoms with Crippen LogP contribution >= 0.6 is 0 Å². The lowest BCUT2D eigenvalue weighted by molar-refractivity contribution is 0.0697. The van der Waals surface area contributed by atoms with Crippen molar-refractivity contribution >= 4 is 21.5 Å². The van der Waals surface area contributed by atoms with Gasteiger partial charge in [0, 0.05) is 18.0 Å². The van der Waals surface area contributed by atoms with Crippen LogP contribution in [0.5, 0.6) is 0 Å². The Balaban J connectivity index is 2.43. The van der Waals surface area contributed by atoms with Crippen molar-refractivity contribution in [2.24, 2.45) is 0 Å². The van der Waals surface area contributed by atoms with Crippen LogP contribution in [-0.4, -0.2) is 31.8 Å². The molecule has 0 bridgehead atoms. The van der Waals surface area contributed by atoms with Crippen molar-refractivity contribution in [1.29, 1.82) is 0 Å². The van der Waals surface area contributed by atoms with E-state index in [9.17, 15) is 13.2 Å². The molecule has 1 aromatic rings. The van der Waals surface area contributed by atoms with E-state index in [1.165, 1.54) is 18.2 Å². The van der Waals surface area contributed by atoms with Crippen LogP contribution in [-0.2, 0) is 9.84 Å². The van der Waals surface area contributed by atoms with E-state index in [2.05, 4.69) is 5.32 Å². The predicted molar refractivity (Wildman–Crippen MR) is 63.2 cm³/mol. The Morgan fingerprint density at radius 3 is 2.53 bits per heavy atom. The van der Waals surface area contributed by atoms with Gasteiger partial charge in [0.05, 0.1) is 10.5 Å². The van der Waals surface area contributed by atoms with Crippen LogP contribution in [0.25, 0.3) is 0 Å². The number of anilines is 1. The molecule has 0 spiro atoms. The highest BCUT2D eigenvalue weighted by Crippen LogP contribution is 2.28. The molecule has 92 valence electrons. The average Bonchev–Trinajstić information content (AvgIpc) is 3.00. The molecule has 0 heterocycles. The number of nitrogens with one attached hydrogen (secondary N) is 1. The monoisotopic (exact) mass is 255 g/mol. The van der Waals surface area contributed by atoms with Crippen LogP contribution in [0.3, 0.4) is 0 Å². The molecule has 6 heteroatoms. The van der Waals surface area contributed by atoms with E-state index < -0.39 is 15.8 Å². The number of hydrogen-bond donors (Lipinski definition) is 2. The summed E-state index contributed by atoms with van der Waals surface area (Å²) in [4.78, 5) is 11.1. The first-order chi connectivity index (χ1) is 7.88. The van der Waals surface area contributed by atoms with E-state index in [1.54, 1.807) is 0 Å². The van der Waals surface area contributed by atoms with Gasteiger partial charge < -0.3 is 10.4 Å². The van der Waals surface area contributed by atoms with Gasteiger partial charge in [-0.3, -0.25) is 0 Å². The zero-order valence-electron chi connectivity index (χ0n) is 9.30. The SMILES string of the molecule is CS(=O)(=O)c1ccc(NC2CC2)c(C(=O)O)c1. The van der Waals surface area contributed by atoms with Gasteiger partial charge in [0.2, 0.25) is 0 Å². The third-order valence-corrected chi connectivity index (χ3v) is 3.70. The number of carboxylic acids is 1. The van der Waals surface area contributed by atoms with Gasteiger partial charge in [0.25, 0.3) is 0 Å². The van der Waals surface area contributed by atoms with E-state index in [4.69, 9.17) is 5.11 Å². The first kappa shape index (κ1) is 11.9. The number of sulfone groups is 1. The summed E-state index contributed by atoms with van der Waals surface area (Å²) in [5.74, 6) is -1.13. The minimum absolute atomic E-state index is 0.000162. The molecule has 0 atom stereocenters. The maximum Gasteiger partial charge on any atom is 0.337 e. The topological polar surface area (TPSA) is 83.5 Å². The lowest BCUT2D eigenvalue weighted by Gasteiger charge is -2.09. The lowest BCUT2D eigenvalue weighted by atomic mass is 10.2. The van der Waals surface area contributed by atoms with Crippen molar-refractivity contribution < 1.29 is 18.3 Å². The summed E-state index contributed by atoms with van der Waals surface area (Å²) < 4.78 is 22.7. The normalized spacial score (nSPS) is 15.6. The zero-order valence-corrected chi connectivity index (χ0v) is 10.1. The number of rotatable bonds is 4. The third kappa shape index (κ3) is 2.76. The minimum atomic E-state index is -3.38. The number of hydrogen-bond acceptors (Lipinski definition) is 4. The smallest absolute Gasteiger partial charge is 0.337 e. The van der Waals surface area contributed by atoms with Crippen LogP contribution in [0, 0.1) is 0 Å². The summed E-state index contributed by atoms with van der Waals surface area (Å²) in [6.45, 7) is 0. The molecule has 1 fully saturated rings. The first-order valence-electron chi connectivity index (χ1n) is 5.22. The van der Waals surface area contributed by atoms with Crippen LogP contribution in [0.1, 0.15) is 23.2 Å². The molecule has 0 amide bonds. The standard InChI is InChI=1S/C11H13NO4S/c1-17(15,16)8-4-5-10(12-7-2-3-7)9(6-8)11(13)14/h4-7,12H,2-3H2,1H3,(H,13,14). The van der Waals surface area contributed by atoms with Crippen LogP contribution in [0.4, 0.5) is 5.69 Å². The second-order valence-corrected chi connectivity index (χ2v) is 6.22. The molecular formula is C11H13NO4S. The van der Waals surface area contributed by atoms with Crippen molar-refractivity contribution in [3.8, 4) is 0 Å². The Morgan fingerprint density at radius 2 is 2.06 bits per heavy atom. The molecule has 2 rings (SSSR count). The fourth-order valence-electron chi connectivity index (χ4n) is 1.50. The molecule has 0 radical (unpaired) electrons. The fourth-order valence-corrected chi connectivity index (χ4v) is 2.15. The predicted octanol–water partition coefficient (Wildman–Crippen LogP) is 1.36. The average molecular weight is 255 g/mol. The van der Waals surface area contributed by atoms with Gasteiger partial charge in [-0.25, -0.2) is 13.2 Å². The summed E-state index contributed by atoms with van der Waals surface area (Å²) in [5.41, 5.74) is 0.479. The largest absolute Gasteiger partial charge is 0.478 e. The molecule has 1 saturated carbocycles. The number of aromatic carboxylic acids is 1.